The van der Waals surface area contributed by atoms with E-state index >= 15 is 0 Å². The number of sulfonamides is 2. The molecule has 8 aromatic rings. The molecule has 2 aliphatic heterocycles. The van der Waals surface area contributed by atoms with Crippen molar-refractivity contribution in [2.75, 3.05) is 26.4 Å². The highest BCUT2D eigenvalue weighted by Gasteiger charge is 2.27. The van der Waals surface area contributed by atoms with Gasteiger partial charge in [-0.15, -0.1) is 0 Å². The number of benzene rings is 8. The summed E-state index contributed by atoms with van der Waals surface area (Å²) in [5, 5.41) is 4.32. The standard InChI is InChI=1S/2C26H23NO4S/c2*28-32(29,23-13-14-24-25(18-23)31-16-6-15-30-24)27-26(20-8-2-1-3-9-20)22-12-11-19-7-4-5-10-21(19)17-22/h2*1-5,7-14,17-18,26-27H,6,15-16H2/t2*26-/m10/s1. The fourth-order valence-electron chi connectivity index (χ4n) is 7.79. The predicted octanol–water partition coefficient (Wildman–Crippen LogP) is 10.1. The molecule has 324 valence electrons. The maximum atomic E-state index is 13.4. The highest BCUT2D eigenvalue weighted by molar-refractivity contribution is 7.89. The third-order valence-electron chi connectivity index (χ3n) is 11.1. The zero-order valence-electron chi connectivity index (χ0n) is 34.8. The normalized spacial score (nSPS) is 14.6. The quantitative estimate of drug-likeness (QED) is 0.139. The SMILES string of the molecule is O=S(=O)(N[C@@H](c1ccccc1)c1ccc2ccccc2c1)c1ccc2c(c1)OCCCO2.O=S(=O)(N[C@H](c1ccccc1)c1ccc2ccccc2c1)c1ccc2c(c1)OCCCO2. The van der Waals surface area contributed by atoms with E-state index < -0.39 is 32.1 Å². The van der Waals surface area contributed by atoms with Gasteiger partial charge in [0.25, 0.3) is 0 Å². The van der Waals surface area contributed by atoms with Crippen LogP contribution >= 0.6 is 0 Å². The second-order valence-corrected chi connectivity index (χ2v) is 18.9. The molecule has 0 saturated heterocycles. The molecule has 2 aliphatic rings. The van der Waals surface area contributed by atoms with Crippen LogP contribution in [0.15, 0.2) is 192 Å². The first-order valence-corrected chi connectivity index (χ1v) is 24.1. The molecule has 0 amide bonds. The zero-order valence-corrected chi connectivity index (χ0v) is 36.4. The van der Waals surface area contributed by atoms with Crippen LogP contribution in [0.2, 0.25) is 0 Å². The van der Waals surface area contributed by atoms with E-state index in [0.717, 1.165) is 56.6 Å². The van der Waals surface area contributed by atoms with Crippen molar-refractivity contribution in [1.29, 1.82) is 0 Å². The van der Waals surface area contributed by atoms with Gasteiger partial charge in [0.2, 0.25) is 20.0 Å². The van der Waals surface area contributed by atoms with Crippen LogP contribution in [0.3, 0.4) is 0 Å². The molecule has 0 aliphatic carbocycles. The van der Waals surface area contributed by atoms with E-state index in [1.165, 1.54) is 12.1 Å². The molecule has 2 N–H and O–H groups in total. The minimum Gasteiger partial charge on any atom is -0.490 e. The van der Waals surface area contributed by atoms with Crippen molar-refractivity contribution >= 4 is 41.6 Å². The van der Waals surface area contributed by atoms with Crippen LogP contribution in [0.5, 0.6) is 23.0 Å². The minimum absolute atomic E-state index is 0.142. The highest BCUT2D eigenvalue weighted by atomic mass is 32.2. The maximum Gasteiger partial charge on any atom is 0.241 e. The first kappa shape index (κ1) is 42.6. The molecule has 2 heterocycles. The number of hydrogen-bond acceptors (Lipinski definition) is 8. The van der Waals surface area contributed by atoms with Gasteiger partial charge in [-0.1, -0.05) is 133 Å². The summed E-state index contributed by atoms with van der Waals surface area (Å²) < 4.78 is 82.1. The summed E-state index contributed by atoms with van der Waals surface area (Å²) in [6, 6.07) is 55.7. The molecule has 12 heteroatoms. The number of nitrogens with one attached hydrogen (secondary N) is 2. The summed E-state index contributed by atoms with van der Waals surface area (Å²) >= 11 is 0. The van der Waals surface area contributed by atoms with Gasteiger partial charge in [-0.3, -0.25) is 0 Å². The zero-order chi connectivity index (χ0) is 43.9. The summed E-state index contributed by atoms with van der Waals surface area (Å²) in [6.45, 7) is 2.09. The number of fused-ring (bicyclic) bond motifs is 4. The highest BCUT2D eigenvalue weighted by Crippen LogP contribution is 2.35. The Labute approximate surface area is 373 Å². The van der Waals surface area contributed by atoms with Crippen LogP contribution in [0.4, 0.5) is 0 Å². The summed E-state index contributed by atoms with van der Waals surface area (Å²) in [5.74, 6) is 2.03. The third kappa shape index (κ3) is 9.75. The van der Waals surface area contributed by atoms with E-state index in [4.69, 9.17) is 18.9 Å². The average Bonchev–Trinajstić information content (AvgIpc) is 3.73. The monoisotopic (exact) mass is 890 g/mol. The maximum absolute atomic E-state index is 13.4. The van der Waals surface area contributed by atoms with Crippen molar-refractivity contribution in [2.24, 2.45) is 0 Å². The largest absolute Gasteiger partial charge is 0.490 e. The predicted molar refractivity (Wildman–Crippen MR) is 249 cm³/mol. The number of hydrogen-bond donors (Lipinski definition) is 2. The molecule has 10 nitrogen and oxygen atoms in total. The Morgan fingerprint density at radius 2 is 0.703 bits per heavy atom. The lowest BCUT2D eigenvalue weighted by atomic mass is 9.97. The molecule has 0 fully saturated rings. The van der Waals surface area contributed by atoms with E-state index in [0.29, 0.717) is 49.4 Å². The first-order chi connectivity index (χ1) is 31.2. The molecule has 0 bridgehead atoms. The van der Waals surface area contributed by atoms with Crippen LogP contribution in [0.25, 0.3) is 21.5 Å². The third-order valence-corrected chi connectivity index (χ3v) is 13.9. The molecule has 0 aromatic heterocycles. The summed E-state index contributed by atoms with van der Waals surface area (Å²) in [7, 11) is -7.68. The van der Waals surface area contributed by atoms with Gasteiger partial charge < -0.3 is 18.9 Å². The molecule has 10 rings (SSSR count). The van der Waals surface area contributed by atoms with Gasteiger partial charge in [0.1, 0.15) is 0 Å². The lowest BCUT2D eigenvalue weighted by molar-refractivity contribution is 0.296. The smallest absolute Gasteiger partial charge is 0.241 e. The number of rotatable bonds is 10. The molecule has 2 atom stereocenters. The van der Waals surface area contributed by atoms with E-state index in [1.807, 2.05) is 146 Å². The van der Waals surface area contributed by atoms with Crippen LogP contribution in [0.1, 0.15) is 47.2 Å². The van der Waals surface area contributed by atoms with E-state index in [-0.39, 0.29) is 9.79 Å². The van der Waals surface area contributed by atoms with Crippen molar-refractivity contribution in [1.82, 2.24) is 9.44 Å². The van der Waals surface area contributed by atoms with Crippen LogP contribution in [-0.4, -0.2) is 43.3 Å². The van der Waals surface area contributed by atoms with Crippen molar-refractivity contribution in [3.05, 3.63) is 204 Å². The average molecular weight is 891 g/mol. The lowest BCUT2D eigenvalue weighted by Crippen LogP contribution is -2.29. The van der Waals surface area contributed by atoms with E-state index in [9.17, 15) is 16.8 Å². The van der Waals surface area contributed by atoms with Gasteiger partial charge in [-0.2, -0.15) is 9.44 Å². The second kappa shape index (κ2) is 19.0. The Kier molecular flexibility index (Phi) is 12.6. The molecule has 0 unspecified atom stereocenters. The Hall–Kier alpha value is -6.70. The second-order valence-electron chi connectivity index (χ2n) is 15.5. The van der Waals surface area contributed by atoms with Gasteiger partial charge in [0, 0.05) is 25.0 Å². The van der Waals surface area contributed by atoms with Crippen LogP contribution in [-0.2, 0) is 20.0 Å². The first-order valence-electron chi connectivity index (χ1n) is 21.1. The topological polar surface area (TPSA) is 129 Å². The Bertz CT molecular complexity index is 2920. The van der Waals surface area contributed by atoms with Crippen molar-refractivity contribution in [3.8, 4) is 23.0 Å². The summed E-state index contributed by atoms with van der Waals surface area (Å²) in [6.07, 6.45) is 1.51. The van der Waals surface area contributed by atoms with Gasteiger partial charge in [-0.25, -0.2) is 16.8 Å². The van der Waals surface area contributed by atoms with Crippen molar-refractivity contribution < 1.29 is 35.8 Å². The van der Waals surface area contributed by atoms with E-state index in [2.05, 4.69) is 9.44 Å². The van der Waals surface area contributed by atoms with Crippen LogP contribution in [0, 0.1) is 0 Å². The van der Waals surface area contributed by atoms with Gasteiger partial charge in [-0.05, 0) is 80.2 Å². The molecular formula is C52H46N2O8S2. The molecule has 0 radical (unpaired) electrons. The minimum atomic E-state index is -3.84. The summed E-state index contributed by atoms with van der Waals surface area (Å²) in [5.41, 5.74) is 3.46. The molecule has 64 heavy (non-hydrogen) atoms. The summed E-state index contributed by atoms with van der Waals surface area (Å²) in [4.78, 5) is 0.284. The van der Waals surface area contributed by atoms with Crippen molar-refractivity contribution in [3.63, 3.8) is 0 Å². The Morgan fingerprint density at radius 3 is 1.11 bits per heavy atom. The molecule has 8 aromatic carbocycles. The fraction of sp³-hybridized carbons (Fsp3) is 0.154. The van der Waals surface area contributed by atoms with Gasteiger partial charge in [0.15, 0.2) is 23.0 Å². The van der Waals surface area contributed by atoms with Crippen molar-refractivity contribution in [2.45, 2.75) is 34.7 Å². The molecular weight excluding hydrogens is 845 g/mol. The Morgan fingerprint density at radius 1 is 0.344 bits per heavy atom. The fourth-order valence-corrected chi connectivity index (χ4v) is 10.2. The molecule has 0 spiro atoms. The van der Waals surface area contributed by atoms with E-state index in [1.54, 1.807) is 24.3 Å². The van der Waals surface area contributed by atoms with Crippen LogP contribution < -0.4 is 28.4 Å². The number of ether oxygens (including phenoxy) is 4. The Balaban J connectivity index is 0.000000162. The lowest BCUT2D eigenvalue weighted by Gasteiger charge is -2.21. The van der Waals surface area contributed by atoms with Gasteiger partial charge in [0.05, 0.1) is 48.3 Å². The molecule has 0 saturated carbocycles. The van der Waals surface area contributed by atoms with Gasteiger partial charge >= 0.3 is 0 Å².